The van der Waals surface area contributed by atoms with E-state index in [1.54, 1.807) is 0 Å². The van der Waals surface area contributed by atoms with Crippen LogP contribution < -0.4 is 0 Å². The van der Waals surface area contributed by atoms with Crippen LogP contribution in [0.5, 0.6) is 0 Å². The van der Waals surface area contributed by atoms with Crippen molar-refractivity contribution >= 4 is 0 Å². The fourth-order valence-corrected chi connectivity index (χ4v) is 1.44. The summed E-state index contributed by atoms with van der Waals surface area (Å²) in [6, 6.07) is 0. The molecule has 13 heavy (non-hydrogen) atoms. The molecule has 76 valence electrons. The van der Waals surface area contributed by atoms with E-state index in [-0.39, 0.29) is 0 Å². The van der Waals surface area contributed by atoms with E-state index < -0.39 is 0 Å². The Kier molecular flexibility index (Phi) is 11.5. The lowest BCUT2D eigenvalue weighted by Gasteiger charge is -1.99. The van der Waals surface area contributed by atoms with Crippen molar-refractivity contribution in [1.82, 2.24) is 0 Å². The smallest absolute Gasteiger partial charge is 0.0316 e. The van der Waals surface area contributed by atoms with E-state index in [9.17, 15) is 0 Å². The fraction of sp³-hybridized carbons (Fsp3) is 0.692. The topological polar surface area (TPSA) is 0 Å². The van der Waals surface area contributed by atoms with Crippen molar-refractivity contribution in [2.75, 3.05) is 0 Å². The molecular weight excluding hydrogens is 156 g/mol. The molecule has 0 aliphatic carbocycles. The number of hydrogen-bond donors (Lipinski definition) is 0. The second-order valence-electron chi connectivity index (χ2n) is 3.59. The molecule has 0 unspecified atom stereocenters. The molecular formula is C13H24. The summed E-state index contributed by atoms with van der Waals surface area (Å²) in [7, 11) is 0. The van der Waals surface area contributed by atoms with E-state index in [0.29, 0.717) is 0 Å². The van der Waals surface area contributed by atoms with Gasteiger partial charge < -0.3 is 0 Å². The highest BCUT2D eigenvalue weighted by Gasteiger charge is 1.89. The summed E-state index contributed by atoms with van der Waals surface area (Å²) >= 11 is 0. The summed E-state index contributed by atoms with van der Waals surface area (Å²) in [5.74, 6) is 0. The van der Waals surface area contributed by atoms with Crippen molar-refractivity contribution in [3.8, 4) is 0 Å². The Hall–Kier alpha value is -0.260. The lowest BCUT2D eigenvalue weighted by molar-refractivity contribution is 0.583. The molecule has 0 rings (SSSR count). The third-order valence-electron chi connectivity index (χ3n) is 2.29. The largest absolute Gasteiger partial charge is 0.0885 e. The molecule has 0 amide bonds. The van der Waals surface area contributed by atoms with E-state index in [4.69, 9.17) is 0 Å². The highest BCUT2D eigenvalue weighted by atomic mass is 14.0. The van der Waals surface area contributed by atoms with Crippen molar-refractivity contribution < 1.29 is 0 Å². The van der Waals surface area contributed by atoms with E-state index in [1.807, 2.05) is 6.08 Å². The zero-order valence-corrected chi connectivity index (χ0v) is 8.93. The minimum Gasteiger partial charge on any atom is -0.0885 e. The quantitative estimate of drug-likeness (QED) is 0.450. The lowest BCUT2D eigenvalue weighted by Crippen LogP contribution is -1.79. The molecule has 0 aliphatic heterocycles. The second kappa shape index (κ2) is 11.7. The molecule has 0 heteroatoms. The fourth-order valence-electron chi connectivity index (χ4n) is 1.44. The van der Waals surface area contributed by atoms with Gasteiger partial charge in [0.2, 0.25) is 0 Å². The molecule has 0 nitrogen and oxygen atoms in total. The van der Waals surface area contributed by atoms with Crippen LogP contribution in [0.1, 0.15) is 57.8 Å². The average Bonchev–Trinajstić information content (AvgIpc) is 2.16. The highest BCUT2D eigenvalue weighted by molar-refractivity contribution is 4.83. The van der Waals surface area contributed by atoms with Crippen LogP contribution in [0.3, 0.4) is 0 Å². The highest BCUT2D eigenvalue weighted by Crippen LogP contribution is 2.09. The van der Waals surface area contributed by atoms with Gasteiger partial charge in [0, 0.05) is 0 Å². The Bertz CT molecular complexity index is 103. The van der Waals surface area contributed by atoms with Gasteiger partial charge in [0.05, 0.1) is 0 Å². The third kappa shape index (κ3) is 11.7. The Morgan fingerprint density at radius 1 is 0.769 bits per heavy atom. The normalized spacial score (nSPS) is 11.2. The van der Waals surface area contributed by atoms with E-state index in [1.165, 1.54) is 51.4 Å². The van der Waals surface area contributed by atoms with E-state index >= 15 is 0 Å². The van der Waals surface area contributed by atoms with Gasteiger partial charge in [-0.2, -0.15) is 0 Å². The van der Waals surface area contributed by atoms with Crippen LogP contribution in [0.2, 0.25) is 0 Å². The van der Waals surface area contributed by atoms with Crippen molar-refractivity contribution in [2.45, 2.75) is 57.8 Å². The summed E-state index contributed by atoms with van der Waals surface area (Å²) in [4.78, 5) is 0. The first-order chi connectivity index (χ1) is 6.41. The monoisotopic (exact) mass is 180 g/mol. The van der Waals surface area contributed by atoms with Crippen molar-refractivity contribution in [2.24, 2.45) is 0 Å². The van der Waals surface area contributed by atoms with Gasteiger partial charge in [-0.05, 0) is 19.8 Å². The zero-order chi connectivity index (χ0) is 9.78. The van der Waals surface area contributed by atoms with Crippen LogP contribution in [0.25, 0.3) is 0 Å². The van der Waals surface area contributed by atoms with Gasteiger partial charge in [0.15, 0.2) is 0 Å². The van der Waals surface area contributed by atoms with Gasteiger partial charge in [-0.25, -0.2) is 0 Å². The number of rotatable bonds is 9. The maximum Gasteiger partial charge on any atom is -0.0316 e. The SMILES string of the molecule is [CH2]C=CCCCCCCCCC[CH2]. The standard InChI is InChI=1S/C13H24/c1-3-5-7-9-11-13-12-10-8-6-4-2/h3,5H,1-2,4,6-13H2. The van der Waals surface area contributed by atoms with Crippen LogP contribution >= 0.6 is 0 Å². The van der Waals surface area contributed by atoms with Crippen molar-refractivity contribution in [1.29, 1.82) is 0 Å². The van der Waals surface area contributed by atoms with Crippen LogP contribution in [0.4, 0.5) is 0 Å². The maximum absolute atomic E-state index is 3.84. The van der Waals surface area contributed by atoms with Gasteiger partial charge in [-0.3, -0.25) is 0 Å². The molecule has 0 bridgehead atoms. The van der Waals surface area contributed by atoms with Gasteiger partial charge in [0.25, 0.3) is 0 Å². The first-order valence-corrected chi connectivity index (χ1v) is 5.65. The van der Waals surface area contributed by atoms with Gasteiger partial charge in [-0.15, -0.1) is 0 Å². The Morgan fingerprint density at radius 2 is 1.31 bits per heavy atom. The van der Waals surface area contributed by atoms with Crippen molar-refractivity contribution in [3.63, 3.8) is 0 Å². The van der Waals surface area contributed by atoms with Crippen LogP contribution in [-0.2, 0) is 0 Å². The molecule has 0 aromatic carbocycles. The summed E-state index contributed by atoms with van der Waals surface area (Å²) in [5, 5.41) is 0. The summed E-state index contributed by atoms with van der Waals surface area (Å²) in [6.45, 7) is 7.51. The number of allylic oxidation sites excluding steroid dienone is 2. The minimum absolute atomic E-state index is 1.11. The van der Waals surface area contributed by atoms with Gasteiger partial charge in [-0.1, -0.05) is 64.0 Å². The van der Waals surface area contributed by atoms with Crippen LogP contribution in [0, 0.1) is 13.8 Å². The summed E-state index contributed by atoms with van der Waals surface area (Å²) < 4.78 is 0. The van der Waals surface area contributed by atoms with Gasteiger partial charge in [0.1, 0.15) is 0 Å². The summed E-state index contributed by atoms with van der Waals surface area (Å²) in [5.41, 5.74) is 0. The predicted molar refractivity (Wildman–Crippen MR) is 61.4 cm³/mol. The van der Waals surface area contributed by atoms with E-state index in [2.05, 4.69) is 19.9 Å². The molecule has 2 radical (unpaired) electrons. The number of hydrogen-bond acceptors (Lipinski definition) is 0. The van der Waals surface area contributed by atoms with Gasteiger partial charge >= 0.3 is 0 Å². The Balaban J connectivity index is 2.83. The molecule has 0 aromatic heterocycles. The van der Waals surface area contributed by atoms with Crippen LogP contribution in [0.15, 0.2) is 12.2 Å². The van der Waals surface area contributed by atoms with Crippen molar-refractivity contribution in [3.05, 3.63) is 26.0 Å². The predicted octanol–water partition coefficient (Wildman–Crippen LogP) is 4.72. The number of unbranched alkanes of at least 4 members (excludes halogenated alkanes) is 8. The first-order valence-electron chi connectivity index (χ1n) is 5.65. The molecule has 0 aliphatic rings. The minimum atomic E-state index is 1.11. The molecule has 0 saturated heterocycles. The third-order valence-corrected chi connectivity index (χ3v) is 2.29. The second-order valence-corrected chi connectivity index (χ2v) is 3.59. The molecule has 0 heterocycles. The molecule has 0 saturated carbocycles. The Morgan fingerprint density at radius 3 is 1.85 bits per heavy atom. The zero-order valence-electron chi connectivity index (χ0n) is 8.93. The molecule has 0 N–H and O–H groups in total. The molecule has 0 aromatic rings. The average molecular weight is 180 g/mol. The molecule has 0 spiro atoms. The maximum atomic E-state index is 3.84. The Labute approximate surface area is 84.4 Å². The van der Waals surface area contributed by atoms with E-state index in [0.717, 1.165) is 6.42 Å². The molecule has 0 fully saturated rings. The van der Waals surface area contributed by atoms with Crippen LogP contribution in [-0.4, -0.2) is 0 Å². The summed E-state index contributed by atoms with van der Waals surface area (Å²) in [6.07, 6.45) is 16.0. The lowest BCUT2D eigenvalue weighted by atomic mass is 10.1. The first kappa shape index (κ1) is 12.7. The molecule has 0 atom stereocenters.